The number of fused-ring (bicyclic) bond motifs is 1. The molecule has 0 bridgehead atoms. The van der Waals surface area contributed by atoms with Crippen molar-refractivity contribution in [2.24, 2.45) is 13.0 Å². The number of piperidine rings is 1. The molecule has 37 heavy (non-hydrogen) atoms. The lowest BCUT2D eigenvalue weighted by Crippen LogP contribution is -2.43. The van der Waals surface area contributed by atoms with Crippen molar-refractivity contribution < 1.29 is 9.59 Å². The molecule has 1 amide bonds. The molecule has 2 aliphatic rings. The number of hydrogen-bond donors (Lipinski definition) is 1. The highest BCUT2D eigenvalue weighted by atomic mass is 16.2. The number of carbonyl (C=O) groups excluding carboxylic acids is 2. The van der Waals surface area contributed by atoms with E-state index < -0.39 is 0 Å². The molecule has 1 aromatic heterocycles. The van der Waals surface area contributed by atoms with Crippen molar-refractivity contribution in [2.45, 2.75) is 45.4 Å². The van der Waals surface area contributed by atoms with Crippen molar-refractivity contribution in [2.75, 3.05) is 36.8 Å². The topological polar surface area (TPSA) is 84.5 Å². The van der Waals surface area contributed by atoms with E-state index in [2.05, 4.69) is 4.90 Å². The average molecular weight is 500 g/mol. The molecule has 2 heterocycles. The SMILES string of the molecule is Cc1ccc(C(=O)C2CCN(CCN(C(=O)c3ccc(N)cc3)c3c4c(nn3C)CCCC4)CC2)cc1. The summed E-state index contributed by atoms with van der Waals surface area (Å²) in [5.41, 5.74) is 11.4. The molecule has 7 heteroatoms. The second-order valence-electron chi connectivity index (χ2n) is 10.5. The average Bonchev–Trinajstić information content (AvgIpc) is 3.25. The van der Waals surface area contributed by atoms with Gasteiger partial charge in [0.05, 0.1) is 5.69 Å². The van der Waals surface area contributed by atoms with Gasteiger partial charge in [-0.05, 0) is 82.8 Å². The molecule has 5 rings (SSSR count). The highest BCUT2D eigenvalue weighted by Gasteiger charge is 2.30. The zero-order valence-electron chi connectivity index (χ0n) is 21.9. The van der Waals surface area contributed by atoms with Crippen LogP contribution in [0.1, 0.15) is 63.2 Å². The number of carbonyl (C=O) groups is 2. The number of rotatable bonds is 7. The molecule has 0 saturated carbocycles. The summed E-state index contributed by atoms with van der Waals surface area (Å²) in [6.07, 6.45) is 5.88. The molecule has 1 aliphatic heterocycles. The summed E-state index contributed by atoms with van der Waals surface area (Å²) >= 11 is 0. The summed E-state index contributed by atoms with van der Waals surface area (Å²) in [6.45, 7) is 5.08. The number of amides is 1. The predicted molar refractivity (Wildman–Crippen MR) is 147 cm³/mol. The van der Waals surface area contributed by atoms with Crippen molar-refractivity contribution >= 4 is 23.2 Å². The van der Waals surface area contributed by atoms with Crippen LogP contribution in [0.2, 0.25) is 0 Å². The van der Waals surface area contributed by atoms with Gasteiger partial charge in [0, 0.05) is 48.4 Å². The van der Waals surface area contributed by atoms with E-state index in [9.17, 15) is 9.59 Å². The summed E-state index contributed by atoms with van der Waals surface area (Å²) in [5.74, 6) is 1.21. The highest BCUT2D eigenvalue weighted by Crippen LogP contribution is 2.31. The van der Waals surface area contributed by atoms with E-state index in [0.717, 1.165) is 75.2 Å². The van der Waals surface area contributed by atoms with E-state index in [1.54, 1.807) is 24.3 Å². The number of aromatic nitrogens is 2. The molecule has 7 nitrogen and oxygen atoms in total. The van der Waals surface area contributed by atoms with Gasteiger partial charge < -0.3 is 10.6 Å². The normalized spacial score (nSPS) is 16.4. The zero-order valence-corrected chi connectivity index (χ0v) is 21.9. The fraction of sp³-hybridized carbons (Fsp3) is 0.433. The maximum absolute atomic E-state index is 13.8. The van der Waals surface area contributed by atoms with Crippen molar-refractivity contribution in [3.63, 3.8) is 0 Å². The minimum absolute atomic E-state index is 0.0270. The number of anilines is 2. The maximum Gasteiger partial charge on any atom is 0.259 e. The van der Waals surface area contributed by atoms with E-state index in [4.69, 9.17) is 10.8 Å². The van der Waals surface area contributed by atoms with Gasteiger partial charge in [0.2, 0.25) is 0 Å². The molecule has 1 fully saturated rings. The maximum atomic E-state index is 13.8. The van der Waals surface area contributed by atoms with Crippen LogP contribution in [0.5, 0.6) is 0 Å². The first-order chi connectivity index (χ1) is 17.9. The number of Topliss-reactive ketones (excluding diaryl/α,β-unsaturated/α-hetero) is 1. The molecule has 1 aliphatic carbocycles. The van der Waals surface area contributed by atoms with Crippen LogP contribution in [0.4, 0.5) is 11.5 Å². The summed E-state index contributed by atoms with van der Waals surface area (Å²) in [7, 11) is 1.94. The van der Waals surface area contributed by atoms with Crippen LogP contribution < -0.4 is 10.6 Å². The summed E-state index contributed by atoms with van der Waals surface area (Å²) in [6, 6.07) is 15.1. The van der Waals surface area contributed by atoms with Crippen LogP contribution in [-0.2, 0) is 19.9 Å². The van der Waals surface area contributed by atoms with Gasteiger partial charge in [0.15, 0.2) is 5.78 Å². The molecule has 0 radical (unpaired) electrons. The molecule has 0 atom stereocenters. The molecular weight excluding hydrogens is 462 g/mol. The molecule has 0 spiro atoms. The Bertz CT molecular complexity index is 1250. The van der Waals surface area contributed by atoms with Gasteiger partial charge in [-0.25, -0.2) is 0 Å². The third-order valence-electron chi connectivity index (χ3n) is 7.88. The number of ketones is 1. The van der Waals surface area contributed by atoms with E-state index >= 15 is 0 Å². The largest absolute Gasteiger partial charge is 0.399 e. The molecule has 3 aromatic rings. The molecule has 1 saturated heterocycles. The van der Waals surface area contributed by atoms with Gasteiger partial charge in [-0.2, -0.15) is 5.10 Å². The van der Waals surface area contributed by atoms with Crippen LogP contribution in [0.3, 0.4) is 0 Å². The monoisotopic (exact) mass is 499 g/mol. The van der Waals surface area contributed by atoms with Gasteiger partial charge >= 0.3 is 0 Å². The molecule has 0 unspecified atom stereocenters. The van der Waals surface area contributed by atoms with Crippen LogP contribution >= 0.6 is 0 Å². The summed E-state index contributed by atoms with van der Waals surface area (Å²) in [4.78, 5) is 31.1. The van der Waals surface area contributed by atoms with Crippen molar-refractivity contribution in [1.82, 2.24) is 14.7 Å². The van der Waals surface area contributed by atoms with Crippen molar-refractivity contribution in [3.05, 3.63) is 76.5 Å². The number of hydrogen-bond acceptors (Lipinski definition) is 5. The van der Waals surface area contributed by atoms with Gasteiger partial charge in [-0.3, -0.25) is 19.2 Å². The first kappa shape index (κ1) is 25.2. The minimum Gasteiger partial charge on any atom is -0.399 e. The van der Waals surface area contributed by atoms with E-state index in [0.29, 0.717) is 17.8 Å². The second-order valence-corrected chi connectivity index (χ2v) is 10.5. The first-order valence-corrected chi connectivity index (χ1v) is 13.5. The molecular formula is C30H37N5O2. The highest BCUT2D eigenvalue weighted by molar-refractivity contribution is 6.06. The van der Waals surface area contributed by atoms with Gasteiger partial charge in [-0.1, -0.05) is 29.8 Å². The molecule has 2 aromatic carbocycles. The number of nitrogens with zero attached hydrogens (tertiary/aromatic N) is 4. The Labute approximate surface area is 219 Å². The van der Waals surface area contributed by atoms with E-state index in [-0.39, 0.29) is 17.6 Å². The third-order valence-corrected chi connectivity index (χ3v) is 7.88. The van der Waals surface area contributed by atoms with Crippen molar-refractivity contribution in [1.29, 1.82) is 0 Å². The fourth-order valence-electron chi connectivity index (χ4n) is 5.70. The predicted octanol–water partition coefficient (Wildman–Crippen LogP) is 4.43. The lowest BCUT2D eigenvalue weighted by Gasteiger charge is -2.33. The van der Waals surface area contributed by atoms with E-state index in [1.807, 2.05) is 47.8 Å². The summed E-state index contributed by atoms with van der Waals surface area (Å²) in [5, 5.41) is 4.77. The third kappa shape index (κ3) is 5.47. The Morgan fingerprint density at radius 1 is 0.973 bits per heavy atom. The molecule has 2 N–H and O–H groups in total. The van der Waals surface area contributed by atoms with Gasteiger partial charge in [0.25, 0.3) is 5.91 Å². The van der Waals surface area contributed by atoms with Crippen LogP contribution in [-0.4, -0.2) is 52.5 Å². The Balaban J connectivity index is 1.29. The number of nitrogens with two attached hydrogens (primary N) is 1. The zero-order chi connectivity index (χ0) is 25.9. The number of aryl methyl sites for hydroxylation is 3. The van der Waals surface area contributed by atoms with Crippen LogP contribution in [0.25, 0.3) is 0 Å². The fourth-order valence-corrected chi connectivity index (χ4v) is 5.70. The number of nitrogen functional groups attached to an aromatic ring is 1. The van der Waals surface area contributed by atoms with Gasteiger partial charge in [0.1, 0.15) is 5.82 Å². The standard InChI is InChI=1S/C30H37N5O2/c1-21-7-9-22(10-8-21)28(36)23-15-17-34(18-16-23)19-20-35(30(37)24-11-13-25(31)14-12-24)29-26-5-3-4-6-27(26)32-33(29)2/h7-14,23H,3-6,15-20,31H2,1-2H3. The van der Waals surface area contributed by atoms with Crippen LogP contribution in [0.15, 0.2) is 48.5 Å². The first-order valence-electron chi connectivity index (χ1n) is 13.5. The number of likely N-dealkylation sites (tertiary alicyclic amines) is 1. The lowest BCUT2D eigenvalue weighted by atomic mass is 9.88. The number of benzene rings is 2. The van der Waals surface area contributed by atoms with Gasteiger partial charge in [-0.15, -0.1) is 0 Å². The lowest BCUT2D eigenvalue weighted by molar-refractivity contribution is 0.0841. The van der Waals surface area contributed by atoms with Crippen LogP contribution in [0, 0.1) is 12.8 Å². The smallest absolute Gasteiger partial charge is 0.259 e. The van der Waals surface area contributed by atoms with E-state index in [1.165, 1.54) is 11.1 Å². The molecule has 194 valence electrons. The Hall–Kier alpha value is -3.45. The quantitative estimate of drug-likeness (QED) is 0.384. The second kappa shape index (κ2) is 10.9. The Kier molecular flexibility index (Phi) is 7.42. The Morgan fingerprint density at radius 2 is 1.62 bits per heavy atom. The Morgan fingerprint density at radius 3 is 2.32 bits per heavy atom. The minimum atomic E-state index is -0.0270. The summed E-state index contributed by atoms with van der Waals surface area (Å²) < 4.78 is 1.89. The van der Waals surface area contributed by atoms with Crippen molar-refractivity contribution in [3.8, 4) is 0 Å².